The van der Waals surface area contributed by atoms with Crippen molar-refractivity contribution in [2.45, 2.75) is 12.0 Å². The largest absolute Gasteiger partial charge is 0.485 e. The van der Waals surface area contributed by atoms with Gasteiger partial charge in [0.2, 0.25) is 0 Å². The maximum Gasteiger partial charge on any atom is 0.164 e. The van der Waals surface area contributed by atoms with Crippen LogP contribution in [0.2, 0.25) is 0 Å². The smallest absolute Gasteiger partial charge is 0.164 e. The second-order valence-electron chi connectivity index (χ2n) is 12.3. The number of nitrogens with zero attached hydrogens (tertiary/aromatic N) is 3. The van der Waals surface area contributed by atoms with Crippen molar-refractivity contribution in [2.24, 2.45) is 0 Å². The fourth-order valence-electron chi connectivity index (χ4n) is 7.27. The Bertz CT molecular complexity index is 2550. The molecule has 8 aromatic rings. The standard InChI is InChI=1S/C43H27N3O2/c1-3-12-27(13-4-1)41-44-42(28-14-5-2-6-15-28)46-43(45-41)39-30(23-24-36-38(39)34-17-9-10-18-35(34)47-36)29-20-21-32-33-22-19-26-11-7-8-16-31(26)40(33)48-37(32)25-29/h1-25,36,38H. The molecule has 0 amide bonds. The van der Waals surface area contributed by atoms with Gasteiger partial charge in [-0.15, -0.1) is 0 Å². The summed E-state index contributed by atoms with van der Waals surface area (Å²) in [5.74, 6) is 2.67. The van der Waals surface area contributed by atoms with Crippen molar-refractivity contribution < 1.29 is 9.15 Å². The van der Waals surface area contributed by atoms with Crippen molar-refractivity contribution in [3.8, 4) is 28.5 Å². The first-order valence-electron chi connectivity index (χ1n) is 16.2. The average molecular weight is 618 g/mol. The lowest BCUT2D eigenvalue weighted by Crippen LogP contribution is -2.22. The number of para-hydroxylation sites is 1. The number of fused-ring (bicyclic) bond motifs is 8. The van der Waals surface area contributed by atoms with E-state index in [0.717, 1.165) is 71.9 Å². The molecule has 0 fully saturated rings. The lowest BCUT2D eigenvalue weighted by atomic mass is 9.79. The van der Waals surface area contributed by atoms with Crippen molar-refractivity contribution in [2.75, 3.05) is 0 Å². The van der Waals surface area contributed by atoms with Gasteiger partial charge in [0.1, 0.15) is 23.0 Å². The van der Waals surface area contributed by atoms with Crippen molar-refractivity contribution in [3.05, 3.63) is 169 Å². The zero-order valence-electron chi connectivity index (χ0n) is 25.7. The molecule has 5 heteroatoms. The fraction of sp³-hybridized carbons (Fsp3) is 0.0465. The summed E-state index contributed by atoms with van der Waals surface area (Å²) in [5, 5.41) is 4.47. The van der Waals surface area contributed by atoms with E-state index in [9.17, 15) is 0 Å². The predicted octanol–water partition coefficient (Wildman–Crippen LogP) is 10.3. The highest BCUT2D eigenvalue weighted by atomic mass is 16.5. The Balaban J connectivity index is 1.24. The van der Waals surface area contributed by atoms with E-state index in [1.807, 2.05) is 72.8 Å². The summed E-state index contributed by atoms with van der Waals surface area (Å²) >= 11 is 0. The lowest BCUT2D eigenvalue weighted by Gasteiger charge is -2.26. The summed E-state index contributed by atoms with van der Waals surface area (Å²) in [4.78, 5) is 15.4. The van der Waals surface area contributed by atoms with Gasteiger partial charge in [-0.05, 0) is 46.9 Å². The van der Waals surface area contributed by atoms with E-state index in [-0.39, 0.29) is 12.0 Å². The third-order valence-corrected chi connectivity index (χ3v) is 9.51. The van der Waals surface area contributed by atoms with Crippen molar-refractivity contribution >= 4 is 43.9 Å². The summed E-state index contributed by atoms with van der Waals surface area (Å²) in [6.45, 7) is 0. The zero-order valence-corrected chi connectivity index (χ0v) is 25.7. The van der Waals surface area contributed by atoms with Crippen LogP contribution in [0.3, 0.4) is 0 Å². The summed E-state index contributed by atoms with van der Waals surface area (Å²) in [6, 6.07) is 47.7. The molecule has 48 heavy (non-hydrogen) atoms. The van der Waals surface area contributed by atoms with Gasteiger partial charge < -0.3 is 9.15 Å². The minimum atomic E-state index is -0.181. The quantitative estimate of drug-likeness (QED) is 0.197. The highest BCUT2D eigenvalue weighted by molar-refractivity contribution is 6.15. The van der Waals surface area contributed by atoms with Gasteiger partial charge in [0.05, 0.1) is 5.92 Å². The van der Waals surface area contributed by atoms with Gasteiger partial charge >= 0.3 is 0 Å². The van der Waals surface area contributed by atoms with Gasteiger partial charge in [-0.25, -0.2) is 15.0 Å². The minimum absolute atomic E-state index is 0.105. The van der Waals surface area contributed by atoms with Crippen LogP contribution in [-0.2, 0) is 0 Å². The molecule has 1 aliphatic heterocycles. The van der Waals surface area contributed by atoms with Crippen LogP contribution in [0.15, 0.2) is 156 Å². The molecule has 6 aromatic carbocycles. The molecule has 10 rings (SSSR count). The average Bonchev–Trinajstić information content (AvgIpc) is 3.73. The molecule has 2 unspecified atom stereocenters. The minimum Gasteiger partial charge on any atom is -0.485 e. The normalized spacial score (nSPS) is 16.8. The highest BCUT2D eigenvalue weighted by Gasteiger charge is 2.40. The molecule has 0 N–H and O–H groups in total. The Morgan fingerprint density at radius 3 is 1.98 bits per heavy atom. The molecule has 0 saturated carbocycles. The van der Waals surface area contributed by atoms with Crippen LogP contribution in [0, 0.1) is 0 Å². The predicted molar refractivity (Wildman–Crippen MR) is 191 cm³/mol. The molecular weight excluding hydrogens is 590 g/mol. The summed E-state index contributed by atoms with van der Waals surface area (Å²) < 4.78 is 13.1. The SMILES string of the molecule is C1=CC2Oc3ccccc3C2C(c2nc(-c3ccccc3)nc(-c3ccccc3)n2)=C1c1ccc2c(c1)oc1c3ccccc3ccc21. The fourth-order valence-corrected chi connectivity index (χ4v) is 7.27. The first kappa shape index (κ1) is 26.8. The number of benzene rings is 6. The Hall–Kier alpha value is -6.33. The number of allylic oxidation sites excluding steroid dienone is 2. The third-order valence-electron chi connectivity index (χ3n) is 9.51. The molecule has 0 bridgehead atoms. The van der Waals surface area contributed by atoms with Crippen LogP contribution in [0.25, 0.3) is 66.6 Å². The second kappa shape index (κ2) is 10.6. The molecule has 5 nitrogen and oxygen atoms in total. The van der Waals surface area contributed by atoms with Crippen molar-refractivity contribution in [1.82, 2.24) is 15.0 Å². The van der Waals surface area contributed by atoms with Crippen LogP contribution in [-0.4, -0.2) is 21.1 Å². The van der Waals surface area contributed by atoms with Gasteiger partial charge in [-0.2, -0.15) is 0 Å². The third kappa shape index (κ3) is 4.21. The highest BCUT2D eigenvalue weighted by Crippen LogP contribution is 2.51. The van der Waals surface area contributed by atoms with Crippen molar-refractivity contribution in [3.63, 3.8) is 0 Å². The first-order chi connectivity index (χ1) is 23.8. The molecule has 0 spiro atoms. The number of rotatable bonds is 4. The van der Waals surface area contributed by atoms with Gasteiger partial charge in [0.15, 0.2) is 17.5 Å². The van der Waals surface area contributed by atoms with E-state index in [1.54, 1.807) is 0 Å². The van der Waals surface area contributed by atoms with Crippen LogP contribution < -0.4 is 4.74 Å². The van der Waals surface area contributed by atoms with Crippen LogP contribution in [0.1, 0.15) is 22.9 Å². The van der Waals surface area contributed by atoms with E-state index >= 15 is 0 Å². The number of aromatic nitrogens is 3. The summed E-state index contributed by atoms with van der Waals surface area (Å²) in [6.07, 6.45) is 4.15. The van der Waals surface area contributed by atoms with E-state index < -0.39 is 0 Å². The van der Waals surface area contributed by atoms with E-state index in [4.69, 9.17) is 24.1 Å². The van der Waals surface area contributed by atoms with E-state index in [2.05, 4.69) is 78.9 Å². The lowest BCUT2D eigenvalue weighted by molar-refractivity contribution is 0.271. The molecule has 226 valence electrons. The topological polar surface area (TPSA) is 61.0 Å². The van der Waals surface area contributed by atoms with Gasteiger partial charge in [-0.1, -0.05) is 121 Å². The molecular formula is C43H27N3O2. The van der Waals surface area contributed by atoms with Crippen molar-refractivity contribution in [1.29, 1.82) is 0 Å². The first-order valence-corrected chi connectivity index (χ1v) is 16.2. The molecule has 2 aromatic heterocycles. The van der Waals surface area contributed by atoms with E-state index in [0.29, 0.717) is 17.5 Å². The number of hydrogen-bond donors (Lipinski definition) is 0. The second-order valence-corrected chi connectivity index (χ2v) is 12.3. The van der Waals surface area contributed by atoms with Gasteiger partial charge in [0.25, 0.3) is 0 Å². The Morgan fingerprint density at radius 2 is 1.19 bits per heavy atom. The molecule has 3 heterocycles. The molecule has 1 aliphatic carbocycles. The monoisotopic (exact) mass is 617 g/mol. The summed E-state index contributed by atoms with van der Waals surface area (Å²) in [5.41, 5.74) is 7.81. The van der Waals surface area contributed by atoms with Gasteiger partial charge in [-0.3, -0.25) is 0 Å². The summed E-state index contributed by atoms with van der Waals surface area (Å²) in [7, 11) is 0. The zero-order chi connectivity index (χ0) is 31.6. The molecule has 0 saturated heterocycles. The molecule has 2 aliphatic rings. The molecule has 0 radical (unpaired) electrons. The van der Waals surface area contributed by atoms with E-state index in [1.165, 1.54) is 0 Å². The molecule has 2 atom stereocenters. The Labute approximate surface area is 276 Å². The maximum absolute atomic E-state index is 6.62. The van der Waals surface area contributed by atoms with Crippen LogP contribution >= 0.6 is 0 Å². The Morgan fingerprint density at radius 1 is 0.521 bits per heavy atom. The maximum atomic E-state index is 6.62. The van der Waals surface area contributed by atoms with Crippen LogP contribution in [0.5, 0.6) is 5.75 Å². The number of hydrogen-bond acceptors (Lipinski definition) is 5. The van der Waals surface area contributed by atoms with Gasteiger partial charge in [0, 0.05) is 38.4 Å². The number of furan rings is 1. The van der Waals surface area contributed by atoms with Crippen LogP contribution in [0.4, 0.5) is 0 Å². The number of ether oxygens (including phenoxy) is 1. The Kier molecular flexibility index (Phi) is 5.93.